The molecule has 1 aliphatic rings. The van der Waals surface area contributed by atoms with Crippen molar-refractivity contribution in [3.63, 3.8) is 0 Å². The molecule has 0 aromatic carbocycles. The van der Waals surface area contributed by atoms with Gasteiger partial charge in [0, 0.05) is 6.54 Å². The van der Waals surface area contributed by atoms with Gasteiger partial charge in [-0.25, -0.2) is 4.79 Å². The molecule has 2 unspecified atom stereocenters. The van der Waals surface area contributed by atoms with Crippen molar-refractivity contribution >= 4 is 28.5 Å². The largest absolute Gasteiger partial charge is 0.481 e. The van der Waals surface area contributed by atoms with Crippen LogP contribution < -0.4 is 10.6 Å². The number of nitrogens with one attached hydrogen (secondary N) is 2. The van der Waals surface area contributed by atoms with Gasteiger partial charge in [-0.3, -0.25) is 10.1 Å². The van der Waals surface area contributed by atoms with E-state index in [1.54, 1.807) is 0 Å². The Labute approximate surface area is 127 Å². The lowest BCUT2D eigenvalue weighted by Crippen LogP contribution is -2.38. The van der Waals surface area contributed by atoms with Crippen molar-refractivity contribution in [3.8, 4) is 0 Å². The van der Waals surface area contributed by atoms with Crippen LogP contribution in [0.25, 0.3) is 0 Å². The molecule has 0 radical (unpaired) electrons. The molecule has 7 nitrogen and oxygen atoms in total. The van der Waals surface area contributed by atoms with Crippen molar-refractivity contribution < 1.29 is 14.7 Å². The zero-order valence-electron chi connectivity index (χ0n) is 12.0. The number of carbonyl (C=O) groups is 2. The molecule has 0 saturated heterocycles. The molecule has 1 saturated carbocycles. The number of carbonyl (C=O) groups excluding carboxylic acids is 1. The second-order valence-corrected chi connectivity index (χ2v) is 6.24. The topological polar surface area (TPSA) is 104 Å². The van der Waals surface area contributed by atoms with Crippen molar-refractivity contribution in [3.05, 3.63) is 5.01 Å². The summed E-state index contributed by atoms with van der Waals surface area (Å²) in [5.74, 6) is -1.12. The second-order valence-electron chi connectivity index (χ2n) is 5.18. The van der Waals surface area contributed by atoms with E-state index < -0.39 is 5.97 Å². The summed E-state index contributed by atoms with van der Waals surface area (Å²) in [5, 5.41) is 23.7. The SMILES string of the molecule is CCc1nnc(NC(=O)NCC2CCCCC2C(=O)O)s1. The van der Waals surface area contributed by atoms with E-state index in [-0.39, 0.29) is 17.9 Å². The lowest BCUT2D eigenvalue weighted by Gasteiger charge is -2.28. The van der Waals surface area contributed by atoms with Crippen LogP contribution in [-0.4, -0.2) is 33.8 Å². The number of anilines is 1. The van der Waals surface area contributed by atoms with Gasteiger partial charge in [0.1, 0.15) is 5.01 Å². The fourth-order valence-electron chi connectivity index (χ4n) is 2.59. The predicted molar refractivity (Wildman–Crippen MR) is 79.4 cm³/mol. The lowest BCUT2D eigenvalue weighted by molar-refractivity contribution is -0.144. The van der Waals surface area contributed by atoms with Crippen molar-refractivity contribution in [1.29, 1.82) is 0 Å². The number of aromatic nitrogens is 2. The highest BCUT2D eigenvalue weighted by molar-refractivity contribution is 7.15. The number of aryl methyl sites for hydroxylation is 1. The van der Waals surface area contributed by atoms with E-state index in [0.29, 0.717) is 18.1 Å². The molecule has 1 aromatic heterocycles. The second kappa shape index (κ2) is 7.35. The number of hydrogen-bond donors (Lipinski definition) is 3. The number of hydrogen-bond acceptors (Lipinski definition) is 5. The van der Waals surface area contributed by atoms with E-state index in [0.717, 1.165) is 30.7 Å². The number of carboxylic acid groups (broad SMARTS) is 1. The molecule has 1 aromatic rings. The molecular weight excluding hydrogens is 292 g/mol. The molecule has 3 N–H and O–H groups in total. The third-order valence-electron chi connectivity index (χ3n) is 3.74. The van der Waals surface area contributed by atoms with E-state index in [4.69, 9.17) is 0 Å². The summed E-state index contributed by atoms with van der Waals surface area (Å²) in [6, 6.07) is -0.358. The van der Waals surface area contributed by atoms with E-state index in [2.05, 4.69) is 20.8 Å². The Morgan fingerprint density at radius 2 is 2.10 bits per heavy atom. The first-order valence-corrected chi connectivity index (χ1v) is 8.01. The molecule has 1 aliphatic carbocycles. The summed E-state index contributed by atoms with van der Waals surface area (Å²) in [6.45, 7) is 2.35. The van der Waals surface area contributed by atoms with Crippen LogP contribution in [0.1, 0.15) is 37.6 Å². The maximum atomic E-state index is 11.8. The summed E-state index contributed by atoms with van der Waals surface area (Å²) in [4.78, 5) is 23.0. The van der Waals surface area contributed by atoms with Crippen LogP contribution in [0.15, 0.2) is 0 Å². The smallest absolute Gasteiger partial charge is 0.321 e. The maximum absolute atomic E-state index is 11.8. The van der Waals surface area contributed by atoms with Gasteiger partial charge in [0.15, 0.2) is 0 Å². The minimum Gasteiger partial charge on any atom is -0.481 e. The van der Waals surface area contributed by atoms with E-state index in [1.807, 2.05) is 6.92 Å². The summed E-state index contributed by atoms with van der Waals surface area (Å²) >= 11 is 1.34. The molecular formula is C13H20N4O3S. The zero-order chi connectivity index (χ0) is 15.2. The zero-order valence-corrected chi connectivity index (χ0v) is 12.8. The minimum atomic E-state index is -0.765. The van der Waals surface area contributed by atoms with Gasteiger partial charge < -0.3 is 10.4 Å². The van der Waals surface area contributed by atoms with Crippen LogP contribution in [0.3, 0.4) is 0 Å². The van der Waals surface area contributed by atoms with Gasteiger partial charge in [0.2, 0.25) is 5.13 Å². The summed E-state index contributed by atoms with van der Waals surface area (Å²) in [5.41, 5.74) is 0. The highest BCUT2D eigenvalue weighted by Crippen LogP contribution is 2.29. The van der Waals surface area contributed by atoms with Crippen LogP contribution in [0.4, 0.5) is 9.93 Å². The number of amides is 2. The monoisotopic (exact) mass is 312 g/mol. The Kier molecular flexibility index (Phi) is 5.49. The van der Waals surface area contributed by atoms with Crippen molar-refractivity contribution in [1.82, 2.24) is 15.5 Å². The van der Waals surface area contributed by atoms with Gasteiger partial charge in [0.25, 0.3) is 0 Å². The first-order chi connectivity index (χ1) is 10.1. The third-order valence-corrected chi connectivity index (χ3v) is 4.72. The molecule has 0 spiro atoms. The average Bonchev–Trinajstić information content (AvgIpc) is 2.93. The number of carboxylic acids is 1. The van der Waals surface area contributed by atoms with Crippen molar-refractivity contribution in [2.24, 2.45) is 11.8 Å². The van der Waals surface area contributed by atoms with Gasteiger partial charge >= 0.3 is 12.0 Å². The Balaban J connectivity index is 1.81. The van der Waals surface area contributed by atoms with Gasteiger partial charge in [-0.1, -0.05) is 31.1 Å². The Bertz CT molecular complexity index is 505. The van der Waals surface area contributed by atoms with Crippen LogP contribution in [0.2, 0.25) is 0 Å². The van der Waals surface area contributed by atoms with E-state index in [9.17, 15) is 14.7 Å². The molecule has 2 atom stereocenters. The first kappa shape index (κ1) is 15.7. The number of rotatable bonds is 5. The van der Waals surface area contributed by atoms with Crippen LogP contribution >= 0.6 is 11.3 Å². The van der Waals surface area contributed by atoms with E-state index >= 15 is 0 Å². The fourth-order valence-corrected chi connectivity index (χ4v) is 3.26. The normalized spacial score (nSPS) is 21.8. The Morgan fingerprint density at radius 3 is 2.76 bits per heavy atom. The van der Waals surface area contributed by atoms with Crippen LogP contribution in [0, 0.1) is 11.8 Å². The third kappa shape index (κ3) is 4.38. The van der Waals surface area contributed by atoms with Gasteiger partial charge in [-0.15, -0.1) is 10.2 Å². The van der Waals surface area contributed by atoms with Gasteiger partial charge in [-0.2, -0.15) is 0 Å². The molecule has 0 aliphatic heterocycles. The van der Waals surface area contributed by atoms with E-state index in [1.165, 1.54) is 11.3 Å². The highest BCUT2D eigenvalue weighted by atomic mass is 32.1. The average molecular weight is 312 g/mol. The molecule has 1 fully saturated rings. The molecule has 116 valence electrons. The van der Waals surface area contributed by atoms with Gasteiger partial charge in [0.05, 0.1) is 5.92 Å². The van der Waals surface area contributed by atoms with Crippen molar-refractivity contribution in [2.75, 3.05) is 11.9 Å². The van der Waals surface area contributed by atoms with Crippen LogP contribution in [0.5, 0.6) is 0 Å². The molecule has 0 bridgehead atoms. The molecule has 21 heavy (non-hydrogen) atoms. The molecule has 2 rings (SSSR count). The fraction of sp³-hybridized carbons (Fsp3) is 0.692. The molecule has 8 heteroatoms. The standard InChI is InChI=1S/C13H20N4O3S/c1-2-10-16-17-13(21-10)15-12(20)14-7-8-5-3-4-6-9(8)11(18)19/h8-9H,2-7H2,1H3,(H,18,19)(H2,14,15,17,20). The minimum absolute atomic E-state index is 0.00243. The molecule has 2 amide bonds. The lowest BCUT2D eigenvalue weighted by atomic mass is 9.79. The summed E-state index contributed by atoms with van der Waals surface area (Å²) < 4.78 is 0. The summed E-state index contributed by atoms with van der Waals surface area (Å²) in [6.07, 6.45) is 4.29. The number of nitrogens with zero attached hydrogens (tertiary/aromatic N) is 2. The van der Waals surface area contributed by atoms with Crippen molar-refractivity contribution in [2.45, 2.75) is 39.0 Å². The number of aliphatic carboxylic acids is 1. The quantitative estimate of drug-likeness (QED) is 0.772. The summed E-state index contributed by atoms with van der Waals surface area (Å²) in [7, 11) is 0. The Morgan fingerprint density at radius 1 is 1.33 bits per heavy atom. The maximum Gasteiger partial charge on any atom is 0.321 e. The number of urea groups is 1. The first-order valence-electron chi connectivity index (χ1n) is 7.20. The molecule has 1 heterocycles. The highest BCUT2D eigenvalue weighted by Gasteiger charge is 2.30. The van der Waals surface area contributed by atoms with Crippen LogP contribution in [-0.2, 0) is 11.2 Å². The van der Waals surface area contributed by atoms with Gasteiger partial charge in [-0.05, 0) is 25.2 Å². The predicted octanol–water partition coefficient (Wildman–Crippen LogP) is 2.11. The Hall–Kier alpha value is -1.70.